The highest BCUT2D eigenvalue weighted by atomic mass is 127. The van der Waals surface area contributed by atoms with Gasteiger partial charge in [-0.25, -0.2) is 4.99 Å². The van der Waals surface area contributed by atoms with E-state index in [0.717, 1.165) is 36.8 Å². The van der Waals surface area contributed by atoms with Gasteiger partial charge in [-0.15, -0.1) is 24.0 Å². The van der Waals surface area contributed by atoms with Crippen LogP contribution in [0.15, 0.2) is 40.0 Å². The first-order valence-electron chi connectivity index (χ1n) is 7.41. The number of halogens is 1. The van der Waals surface area contributed by atoms with Gasteiger partial charge in [0.25, 0.3) is 0 Å². The van der Waals surface area contributed by atoms with Gasteiger partial charge >= 0.3 is 0 Å². The quantitative estimate of drug-likeness (QED) is 0.216. The molecule has 0 fully saturated rings. The summed E-state index contributed by atoms with van der Waals surface area (Å²) in [7, 11) is 0. The highest BCUT2D eigenvalue weighted by Crippen LogP contribution is 1.99. The fourth-order valence-electron chi connectivity index (χ4n) is 1.73. The average molecular weight is 405 g/mol. The molecule has 2 N–H and O–H groups in total. The molecule has 5 heteroatoms. The van der Waals surface area contributed by atoms with Gasteiger partial charge in [0.15, 0.2) is 5.96 Å². The molecule has 1 aromatic rings. The van der Waals surface area contributed by atoms with Crippen LogP contribution in [0.25, 0.3) is 0 Å². The largest absolute Gasteiger partial charge is 0.469 e. The van der Waals surface area contributed by atoms with Gasteiger partial charge in [-0.05, 0) is 25.5 Å². The summed E-state index contributed by atoms with van der Waals surface area (Å²) in [5.74, 6) is 1.85. The highest BCUT2D eigenvalue weighted by Gasteiger charge is 2.00. The normalized spacial score (nSPS) is 10.9. The van der Waals surface area contributed by atoms with Crippen molar-refractivity contribution in [2.45, 2.75) is 39.5 Å². The van der Waals surface area contributed by atoms with Crippen LogP contribution < -0.4 is 10.6 Å². The number of hydrogen-bond donors (Lipinski definition) is 2. The summed E-state index contributed by atoms with van der Waals surface area (Å²) in [6.07, 6.45) is 6.20. The standard InChI is InChI=1S/C16H27N3O.HI/c1-4-5-6-10-17-16(19-13-14(2)3)18-11-9-15-8-7-12-20-15;/h7-8,12H,2,4-6,9-11,13H2,1,3H3,(H2,17,18,19);1H. The highest BCUT2D eigenvalue weighted by molar-refractivity contribution is 14.0. The van der Waals surface area contributed by atoms with E-state index in [0.29, 0.717) is 6.54 Å². The van der Waals surface area contributed by atoms with Crippen LogP contribution in [-0.4, -0.2) is 25.6 Å². The van der Waals surface area contributed by atoms with E-state index in [9.17, 15) is 0 Å². The van der Waals surface area contributed by atoms with Gasteiger partial charge in [-0.3, -0.25) is 0 Å². The molecule has 0 aliphatic carbocycles. The minimum Gasteiger partial charge on any atom is -0.469 e. The maximum atomic E-state index is 5.31. The van der Waals surface area contributed by atoms with Crippen molar-refractivity contribution in [3.8, 4) is 0 Å². The molecule has 0 saturated carbocycles. The summed E-state index contributed by atoms with van der Waals surface area (Å²) >= 11 is 0. The molecule has 21 heavy (non-hydrogen) atoms. The topological polar surface area (TPSA) is 49.6 Å². The predicted octanol–water partition coefficient (Wildman–Crippen LogP) is 3.74. The number of aliphatic imine (C=N–C) groups is 1. The molecule has 4 nitrogen and oxygen atoms in total. The Morgan fingerprint density at radius 2 is 2.05 bits per heavy atom. The van der Waals surface area contributed by atoms with Crippen LogP contribution >= 0.6 is 24.0 Å². The minimum absolute atomic E-state index is 0. The van der Waals surface area contributed by atoms with E-state index < -0.39 is 0 Å². The van der Waals surface area contributed by atoms with Crippen LogP contribution in [0, 0.1) is 0 Å². The van der Waals surface area contributed by atoms with Crippen molar-refractivity contribution in [1.82, 2.24) is 10.6 Å². The van der Waals surface area contributed by atoms with Gasteiger partial charge in [-0.1, -0.05) is 31.9 Å². The minimum atomic E-state index is 0. The lowest BCUT2D eigenvalue weighted by molar-refractivity contribution is 0.506. The van der Waals surface area contributed by atoms with Crippen LogP contribution in [0.4, 0.5) is 0 Å². The Balaban J connectivity index is 0.00000400. The number of unbranched alkanes of at least 4 members (excludes halogenated alkanes) is 2. The van der Waals surface area contributed by atoms with Crippen molar-refractivity contribution in [2.24, 2.45) is 4.99 Å². The molecule has 0 spiro atoms. The van der Waals surface area contributed by atoms with Crippen molar-refractivity contribution in [1.29, 1.82) is 0 Å². The van der Waals surface area contributed by atoms with Gasteiger partial charge in [0.2, 0.25) is 0 Å². The number of rotatable bonds is 9. The first-order valence-corrected chi connectivity index (χ1v) is 7.41. The second kappa shape index (κ2) is 12.7. The van der Waals surface area contributed by atoms with Gasteiger partial charge < -0.3 is 15.1 Å². The second-order valence-corrected chi connectivity index (χ2v) is 5.01. The lowest BCUT2D eigenvalue weighted by atomic mass is 10.2. The first kappa shape index (κ1) is 20.0. The summed E-state index contributed by atoms with van der Waals surface area (Å²) in [5.41, 5.74) is 1.06. The average Bonchev–Trinajstić information content (AvgIpc) is 2.93. The van der Waals surface area contributed by atoms with Gasteiger partial charge in [0.05, 0.1) is 12.8 Å². The number of guanidine groups is 1. The molecule has 0 saturated heterocycles. The van der Waals surface area contributed by atoms with Crippen molar-refractivity contribution >= 4 is 29.9 Å². The van der Waals surface area contributed by atoms with Crippen molar-refractivity contribution in [3.05, 3.63) is 36.3 Å². The molecule has 0 aromatic carbocycles. The van der Waals surface area contributed by atoms with E-state index in [1.807, 2.05) is 19.1 Å². The third-order valence-electron chi connectivity index (χ3n) is 2.82. The summed E-state index contributed by atoms with van der Waals surface area (Å²) in [5, 5.41) is 6.69. The molecule has 0 radical (unpaired) electrons. The zero-order valence-electron chi connectivity index (χ0n) is 13.2. The van der Waals surface area contributed by atoms with Crippen LogP contribution in [-0.2, 0) is 6.42 Å². The van der Waals surface area contributed by atoms with Crippen LogP contribution in [0.2, 0.25) is 0 Å². The lowest BCUT2D eigenvalue weighted by Crippen LogP contribution is -2.39. The van der Waals surface area contributed by atoms with Crippen LogP contribution in [0.5, 0.6) is 0 Å². The van der Waals surface area contributed by atoms with E-state index >= 15 is 0 Å². The Labute approximate surface area is 145 Å². The van der Waals surface area contributed by atoms with Crippen LogP contribution in [0.1, 0.15) is 38.9 Å². The monoisotopic (exact) mass is 405 g/mol. The summed E-state index contributed by atoms with van der Waals surface area (Å²) in [4.78, 5) is 4.50. The predicted molar refractivity (Wildman–Crippen MR) is 100 cm³/mol. The van der Waals surface area contributed by atoms with E-state index in [1.54, 1.807) is 6.26 Å². The Bertz CT molecular complexity index is 402. The van der Waals surface area contributed by atoms with E-state index in [2.05, 4.69) is 29.1 Å². The lowest BCUT2D eigenvalue weighted by Gasteiger charge is -2.12. The number of nitrogens with one attached hydrogen (secondary N) is 2. The SMILES string of the molecule is C=C(C)CN=C(NCCCCC)NCCc1ccco1.I. The maximum absolute atomic E-state index is 5.31. The zero-order valence-corrected chi connectivity index (χ0v) is 15.5. The fraction of sp³-hybridized carbons (Fsp3) is 0.562. The third kappa shape index (κ3) is 10.4. The van der Waals surface area contributed by atoms with E-state index in [4.69, 9.17) is 4.42 Å². The van der Waals surface area contributed by atoms with E-state index in [-0.39, 0.29) is 24.0 Å². The van der Waals surface area contributed by atoms with Gasteiger partial charge in [-0.2, -0.15) is 0 Å². The van der Waals surface area contributed by atoms with Crippen molar-refractivity contribution < 1.29 is 4.42 Å². The van der Waals surface area contributed by atoms with Gasteiger partial charge in [0.1, 0.15) is 5.76 Å². The Morgan fingerprint density at radius 3 is 2.67 bits per heavy atom. The molecule has 0 aliphatic heterocycles. The Kier molecular flexibility index (Phi) is 12.1. The van der Waals surface area contributed by atoms with Crippen molar-refractivity contribution in [3.63, 3.8) is 0 Å². The first-order chi connectivity index (χ1) is 9.72. The molecule has 0 aliphatic rings. The molecule has 0 bridgehead atoms. The Morgan fingerprint density at radius 1 is 1.29 bits per heavy atom. The molecule has 1 rings (SSSR count). The Hall–Kier alpha value is -0.980. The molecular weight excluding hydrogens is 377 g/mol. The second-order valence-electron chi connectivity index (χ2n) is 5.01. The third-order valence-corrected chi connectivity index (χ3v) is 2.82. The molecule has 0 unspecified atom stereocenters. The van der Waals surface area contributed by atoms with E-state index in [1.165, 1.54) is 19.3 Å². The van der Waals surface area contributed by atoms with Crippen LogP contribution in [0.3, 0.4) is 0 Å². The maximum Gasteiger partial charge on any atom is 0.191 e. The fourth-order valence-corrected chi connectivity index (χ4v) is 1.73. The number of furan rings is 1. The molecule has 0 atom stereocenters. The zero-order chi connectivity index (χ0) is 14.6. The molecule has 0 amide bonds. The van der Waals surface area contributed by atoms with Gasteiger partial charge in [0, 0.05) is 19.5 Å². The molecule has 1 heterocycles. The molecule has 120 valence electrons. The molecule has 1 aromatic heterocycles. The summed E-state index contributed by atoms with van der Waals surface area (Å²) < 4.78 is 5.31. The number of nitrogens with zero attached hydrogens (tertiary/aromatic N) is 1. The van der Waals surface area contributed by atoms with Crippen molar-refractivity contribution in [2.75, 3.05) is 19.6 Å². The summed E-state index contributed by atoms with van der Waals surface area (Å²) in [6, 6.07) is 3.90. The summed E-state index contributed by atoms with van der Waals surface area (Å²) in [6.45, 7) is 10.5. The smallest absolute Gasteiger partial charge is 0.191 e. The number of hydrogen-bond acceptors (Lipinski definition) is 2. The molecular formula is C16H28IN3O.